The van der Waals surface area contributed by atoms with E-state index < -0.39 is 0 Å². The van der Waals surface area contributed by atoms with E-state index in [0.717, 1.165) is 23.6 Å². The molecule has 0 spiro atoms. The fourth-order valence-corrected chi connectivity index (χ4v) is 4.53. The van der Waals surface area contributed by atoms with Crippen molar-refractivity contribution in [3.05, 3.63) is 28.1 Å². The smallest absolute Gasteiger partial charge is 0.318 e. The molecule has 0 unspecified atom stereocenters. The van der Waals surface area contributed by atoms with Gasteiger partial charge in [0.15, 0.2) is 0 Å². The second-order valence-corrected chi connectivity index (χ2v) is 8.45. The molecule has 6 nitrogen and oxygen atoms in total. The van der Waals surface area contributed by atoms with Crippen LogP contribution in [0.4, 0.5) is 4.79 Å². The second-order valence-electron chi connectivity index (χ2n) is 5.97. The Labute approximate surface area is 150 Å². The lowest BCUT2D eigenvalue weighted by molar-refractivity contribution is 0.172. The minimum Gasteiger partial charge on any atom is -0.337 e. The normalized spacial score (nSPS) is 14.9. The number of carbonyl (C=O) groups excluding carboxylic acids is 1. The van der Waals surface area contributed by atoms with Crippen LogP contribution in [0.2, 0.25) is 0 Å². The van der Waals surface area contributed by atoms with Crippen LogP contribution in [-0.4, -0.2) is 44.7 Å². The van der Waals surface area contributed by atoms with Crippen LogP contribution in [0.15, 0.2) is 23.4 Å². The Kier molecular flexibility index (Phi) is 6.14. The van der Waals surface area contributed by atoms with Crippen molar-refractivity contribution < 1.29 is 4.79 Å². The van der Waals surface area contributed by atoms with Crippen molar-refractivity contribution in [1.82, 2.24) is 25.6 Å². The number of urea groups is 1. The number of H-pyrrole nitrogens is 1. The lowest BCUT2D eigenvalue weighted by atomic mass is 10.2. The molecule has 1 aliphatic rings. The molecule has 0 aromatic carbocycles. The van der Waals surface area contributed by atoms with E-state index in [1.165, 1.54) is 22.6 Å². The maximum atomic E-state index is 12.7. The summed E-state index contributed by atoms with van der Waals surface area (Å²) in [5.74, 6) is 0.787. The summed E-state index contributed by atoms with van der Waals surface area (Å²) in [6.45, 7) is 3.45. The molecule has 130 valence electrons. The Bertz CT molecular complexity index is 637. The zero-order valence-corrected chi connectivity index (χ0v) is 15.5. The number of nitrogens with zero attached hydrogens (tertiary/aromatic N) is 3. The van der Waals surface area contributed by atoms with Crippen molar-refractivity contribution in [2.75, 3.05) is 12.3 Å². The van der Waals surface area contributed by atoms with E-state index in [1.807, 2.05) is 4.90 Å². The average molecular weight is 366 g/mol. The SMILES string of the molecule is Cc1ccc(CN(C(=O)NCCSc2cn[nH]n2)C2CCCC2)s1. The predicted molar refractivity (Wildman–Crippen MR) is 97.4 cm³/mol. The molecule has 0 aliphatic heterocycles. The predicted octanol–water partition coefficient (Wildman–Crippen LogP) is 3.42. The van der Waals surface area contributed by atoms with E-state index in [9.17, 15) is 4.79 Å². The van der Waals surface area contributed by atoms with Gasteiger partial charge in [0, 0.05) is 28.1 Å². The highest BCUT2D eigenvalue weighted by Crippen LogP contribution is 2.27. The van der Waals surface area contributed by atoms with Crippen LogP contribution in [0.1, 0.15) is 35.4 Å². The minimum atomic E-state index is 0.0497. The van der Waals surface area contributed by atoms with E-state index >= 15 is 0 Å². The van der Waals surface area contributed by atoms with E-state index in [4.69, 9.17) is 0 Å². The van der Waals surface area contributed by atoms with Crippen LogP contribution >= 0.6 is 23.1 Å². The molecule has 1 saturated carbocycles. The average Bonchev–Trinajstić information content (AvgIpc) is 3.31. The molecule has 0 radical (unpaired) electrons. The number of amides is 2. The Hall–Kier alpha value is -1.54. The van der Waals surface area contributed by atoms with Gasteiger partial charge in [-0.25, -0.2) is 4.79 Å². The molecule has 2 aromatic heterocycles. The van der Waals surface area contributed by atoms with Crippen LogP contribution in [0.5, 0.6) is 0 Å². The summed E-state index contributed by atoms with van der Waals surface area (Å²) >= 11 is 3.36. The molecule has 24 heavy (non-hydrogen) atoms. The van der Waals surface area contributed by atoms with Crippen molar-refractivity contribution in [2.45, 2.75) is 50.2 Å². The summed E-state index contributed by atoms with van der Waals surface area (Å²) in [5.41, 5.74) is 0. The number of aromatic amines is 1. The number of thiophene rings is 1. The number of nitrogens with one attached hydrogen (secondary N) is 2. The summed E-state index contributed by atoms with van der Waals surface area (Å²) in [5, 5.41) is 14.3. The molecule has 3 rings (SSSR count). The van der Waals surface area contributed by atoms with E-state index in [2.05, 4.69) is 39.8 Å². The fourth-order valence-electron chi connectivity index (χ4n) is 3.00. The van der Waals surface area contributed by atoms with Gasteiger partial charge in [0.1, 0.15) is 5.03 Å². The quantitative estimate of drug-likeness (QED) is 0.582. The molecule has 1 aliphatic carbocycles. The largest absolute Gasteiger partial charge is 0.337 e. The molecule has 2 amide bonds. The van der Waals surface area contributed by atoms with E-state index in [0.29, 0.717) is 19.1 Å². The third-order valence-electron chi connectivity index (χ3n) is 4.17. The van der Waals surface area contributed by atoms with Gasteiger partial charge >= 0.3 is 6.03 Å². The summed E-state index contributed by atoms with van der Waals surface area (Å²) < 4.78 is 0. The van der Waals surface area contributed by atoms with Crippen molar-refractivity contribution in [3.8, 4) is 0 Å². The van der Waals surface area contributed by atoms with Gasteiger partial charge in [-0.1, -0.05) is 12.8 Å². The monoisotopic (exact) mass is 365 g/mol. The Balaban J connectivity index is 1.52. The molecule has 1 fully saturated rings. The lowest BCUT2D eigenvalue weighted by Crippen LogP contribution is -2.45. The molecular formula is C16H23N5OS2. The standard InChI is InChI=1S/C16H23N5OS2/c1-12-6-7-14(24-12)11-21(13-4-2-3-5-13)16(22)17-8-9-23-15-10-18-20-19-15/h6-7,10,13H,2-5,8-9,11H2,1H3,(H,17,22)(H,18,19,20). The number of carbonyl (C=O) groups is 1. The van der Waals surface area contributed by atoms with Crippen molar-refractivity contribution in [3.63, 3.8) is 0 Å². The number of aryl methyl sites for hydroxylation is 1. The van der Waals surface area contributed by atoms with Crippen LogP contribution in [-0.2, 0) is 6.54 Å². The van der Waals surface area contributed by atoms with Crippen molar-refractivity contribution >= 4 is 29.1 Å². The van der Waals surface area contributed by atoms with Crippen LogP contribution < -0.4 is 5.32 Å². The van der Waals surface area contributed by atoms with Crippen LogP contribution in [0.3, 0.4) is 0 Å². The molecule has 2 N–H and O–H groups in total. The second kappa shape index (κ2) is 8.53. The van der Waals surface area contributed by atoms with E-state index in [1.54, 1.807) is 29.3 Å². The molecule has 8 heteroatoms. The molecular weight excluding hydrogens is 342 g/mol. The van der Waals surface area contributed by atoms with Gasteiger partial charge in [-0.3, -0.25) is 0 Å². The lowest BCUT2D eigenvalue weighted by Gasteiger charge is -2.28. The summed E-state index contributed by atoms with van der Waals surface area (Å²) in [4.78, 5) is 17.3. The number of aromatic nitrogens is 3. The molecule has 2 heterocycles. The molecule has 0 saturated heterocycles. The van der Waals surface area contributed by atoms with Crippen molar-refractivity contribution in [2.24, 2.45) is 0 Å². The minimum absolute atomic E-state index is 0.0497. The van der Waals surface area contributed by atoms with Gasteiger partial charge in [-0.05, 0) is 31.9 Å². The maximum absolute atomic E-state index is 12.7. The first-order valence-corrected chi connectivity index (χ1v) is 10.1. The first-order chi connectivity index (χ1) is 11.7. The summed E-state index contributed by atoms with van der Waals surface area (Å²) in [6.07, 6.45) is 6.37. The molecule has 0 bridgehead atoms. The zero-order valence-electron chi connectivity index (χ0n) is 13.8. The van der Waals surface area contributed by atoms with Gasteiger partial charge in [-0.15, -0.1) is 28.2 Å². The molecule has 0 atom stereocenters. The van der Waals surface area contributed by atoms with Gasteiger partial charge in [0.2, 0.25) is 0 Å². The topological polar surface area (TPSA) is 73.9 Å². The first kappa shape index (κ1) is 17.3. The highest BCUT2D eigenvalue weighted by molar-refractivity contribution is 7.99. The number of hydrogen-bond donors (Lipinski definition) is 2. The van der Waals surface area contributed by atoms with Crippen LogP contribution in [0, 0.1) is 6.92 Å². The zero-order chi connectivity index (χ0) is 16.8. The fraction of sp³-hybridized carbons (Fsp3) is 0.562. The Morgan fingerprint density at radius 2 is 2.29 bits per heavy atom. The third-order valence-corrected chi connectivity index (χ3v) is 6.06. The maximum Gasteiger partial charge on any atom is 0.318 e. The van der Waals surface area contributed by atoms with E-state index in [-0.39, 0.29) is 6.03 Å². The van der Waals surface area contributed by atoms with Crippen LogP contribution in [0.25, 0.3) is 0 Å². The Morgan fingerprint density at radius 3 is 2.96 bits per heavy atom. The van der Waals surface area contributed by atoms with Gasteiger partial charge in [-0.2, -0.15) is 10.3 Å². The number of thioether (sulfide) groups is 1. The van der Waals surface area contributed by atoms with Gasteiger partial charge in [0.05, 0.1) is 12.7 Å². The van der Waals surface area contributed by atoms with Gasteiger partial charge < -0.3 is 10.2 Å². The summed E-state index contributed by atoms with van der Waals surface area (Å²) in [7, 11) is 0. The number of rotatable bonds is 7. The number of hydrogen-bond acceptors (Lipinski definition) is 5. The Morgan fingerprint density at radius 1 is 1.46 bits per heavy atom. The highest BCUT2D eigenvalue weighted by atomic mass is 32.2. The molecule has 2 aromatic rings. The van der Waals surface area contributed by atoms with Crippen molar-refractivity contribution in [1.29, 1.82) is 0 Å². The third kappa shape index (κ3) is 4.73. The van der Waals surface area contributed by atoms with Gasteiger partial charge in [0.25, 0.3) is 0 Å². The first-order valence-electron chi connectivity index (χ1n) is 8.31. The highest BCUT2D eigenvalue weighted by Gasteiger charge is 2.26. The summed E-state index contributed by atoms with van der Waals surface area (Å²) in [6, 6.07) is 4.68.